The second kappa shape index (κ2) is 5.66. The Hall–Kier alpha value is -2.83. The van der Waals surface area contributed by atoms with Crippen LogP contribution in [0.2, 0.25) is 0 Å². The van der Waals surface area contributed by atoms with Crippen LogP contribution in [0.4, 0.5) is 5.69 Å². The number of nitrogens with zero attached hydrogens (tertiary/aromatic N) is 2. The molecule has 21 heavy (non-hydrogen) atoms. The lowest BCUT2D eigenvalue weighted by Crippen LogP contribution is -2.20. The smallest absolute Gasteiger partial charge is 0.269 e. The first-order chi connectivity index (χ1) is 9.95. The molecule has 1 aromatic carbocycles. The molecular formula is C14H16N4O3. The summed E-state index contributed by atoms with van der Waals surface area (Å²) in [6, 6.07) is 6.80. The molecule has 0 unspecified atom stereocenters. The van der Waals surface area contributed by atoms with E-state index in [1.807, 2.05) is 0 Å². The minimum Gasteiger partial charge on any atom is -0.496 e. The maximum absolute atomic E-state index is 12.3. The van der Waals surface area contributed by atoms with E-state index in [4.69, 9.17) is 10.5 Å². The molecule has 1 aromatic heterocycles. The molecule has 0 saturated heterocycles. The molecule has 0 aliphatic rings. The van der Waals surface area contributed by atoms with E-state index in [1.54, 1.807) is 38.2 Å². The molecule has 2 amide bonds. The highest BCUT2D eigenvalue weighted by Crippen LogP contribution is 2.23. The SMILES string of the molecule is COc1ccccc1C(=O)Nc1c(C)nn(C)c1C(N)=O. The summed E-state index contributed by atoms with van der Waals surface area (Å²) in [5.74, 6) is -0.614. The number of para-hydroxylation sites is 1. The van der Waals surface area contributed by atoms with E-state index in [9.17, 15) is 9.59 Å². The molecule has 2 aromatic rings. The zero-order valence-corrected chi connectivity index (χ0v) is 12.0. The van der Waals surface area contributed by atoms with Crippen molar-refractivity contribution in [2.45, 2.75) is 6.92 Å². The average molecular weight is 288 g/mol. The Morgan fingerprint density at radius 3 is 2.62 bits per heavy atom. The maximum Gasteiger partial charge on any atom is 0.269 e. The van der Waals surface area contributed by atoms with Crippen molar-refractivity contribution < 1.29 is 14.3 Å². The number of ether oxygens (including phenoxy) is 1. The van der Waals surface area contributed by atoms with E-state index in [-0.39, 0.29) is 5.69 Å². The lowest BCUT2D eigenvalue weighted by molar-refractivity contribution is 0.0992. The number of carbonyl (C=O) groups is 2. The number of amides is 2. The Bertz CT molecular complexity index is 706. The zero-order chi connectivity index (χ0) is 15.6. The summed E-state index contributed by atoms with van der Waals surface area (Å²) in [4.78, 5) is 23.8. The molecule has 2 rings (SSSR count). The highest BCUT2D eigenvalue weighted by atomic mass is 16.5. The van der Waals surface area contributed by atoms with Crippen LogP contribution in [0.5, 0.6) is 5.75 Å². The molecule has 110 valence electrons. The Morgan fingerprint density at radius 1 is 1.33 bits per heavy atom. The van der Waals surface area contributed by atoms with Crippen molar-refractivity contribution in [1.29, 1.82) is 0 Å². The number of methoxy groups -OCH3 is 1. The Balaban J connectivity index is 2.39. The molecule has 0 fully saturated rings. The second-order valence-corrected chi connectivity index (χ2v) is 4.45. The third-order valence-electron chi connectivity index (χ3n) is 3.05. The quantitative estimate of drug-likeness (QED) is 0.879. The molecular weight excluding hydrogens is 272 g/mol. The van der Waals surface area contributed by atoms with Crippen LogP contribution in [0, 0.1) is 6.92 Å². The molecule has 0 radical (unpaired) electrons. The van der Waals surface area contributed by atoms with Crippen molar-refractivity contribution in [2.75, 3.05) is 12.4 Å². The summed E-state index contributed by atoms with van der Waals surface area (Å²) >= 11 is 0. The Morgan fingerprint density at radius 2 is 2.00 bits per heavy atom. The van der Waals surface area contributed by atoms with E-state index in [2.05, 4.69) is 10.4 Å². The summed E-state index contributed by atoms with van der Waals surface area (Å²) < 4.78 is 6.49. The predicted octanol–water partition coefficient (Wildman–Crippen LogP) is 1.09. The van der Waals surface area contributed by atoms with Gasteiger partial charge in [0, 0.05) is 7.05 Å². The Kier molecular flexibility index (Phi) is 3.93. The highest BCUT2D eigenvalue weighted by molar-refractivity contribution is 6.09. The van der Waals surface area contributed by atoms with Crippen LogP contribution in [0.1, 0.15) is 26.5 Å². The van der Waals surface area contributed by atoms with Gasteiger partial charge in [0.05, 0.1) is 24.1 Å². The predicted molar refractivity (Wildman–Crippen MR) is 77.4 cm³/mol. The molecule has 0 saturated carbocycles. The number of anilines is 1. The van der Waals surface area contributed by atoms with E-state index in [1.165, 1.54) is 11.8 Å². The van der Waals surface area contributed by atoms with Crippen LogP contribution in [-0.4, -0.2) is 28.7 Å². The van der Waals surface area contributed by atoms with Gasteiger partial charge in [-0.1, -0.05) is 12.1 Å². The minimum atomic E-state index is -0.659. The molecule has 0 spiro atoms. The first kappa shape index (κ1) is 14.6. The summed E-state index contributed by atoms with van der Waals surface area (Å²) in [7, 11) is 3.07. The van der Waals surface area contributed by atoms with Crippen molar-refractivity contribution in [3.05, 3.63) is 41.2 Å². The number of hydrogen-bond acceptors (Lipinski definition) is 4. The third-order valence-corrected chi connectivity index (χ3v) is 3.05. The molecule has 1 heterocycles. The van der Waals surface area contributed by atoms with Gasteiger partial charge >= 0.3 is 0 Å². The standard InChI is InChI=1S/C14H16N4O3/c1-8-11(12(13(15)19)18(2)17-8)16-14(20)9-6-4-5-7-10(9)21-3/h4-7H,1-3H3,(H2,15,19)(H,16,20). The lowest BCUT2D eigenvalue weighted by Gasteiger charge is -2.09. The topological polar surface area (TPSA) is 99.2 Å². The molecule has 3 N–H and O–H groups in total. The number of benzene rings is 1. The first-order valence-corrected chi connectivity index (χ1v) is 6.23. The third kappa shape index (κ3) is 2.71. The molecule has 0 aliphatic carbocycles. The Labute approximate surface area is 121 Å². The minimum absolute atomic E-state index is 0.149. The van der Waals surface area contributed by atoms with Crippen molar-refractivity contribution in [2.24, 2.45) is 12.8 Å². The van der Waals surface area contributed by atoms with Gasteiger partial charge in [-0.3, -0.25) is 14.3 Å². The average Bonchev–Trinajstić information content (AvgIpc) is 2.73. The van der Waals surface area contributed by atoms with Gasteiger partial charge < -0.3 is 15.8 Å². The van der Waals surface area contributed by atoms with Crippen molar-refractivity contribution in [1.82, 2.24) is 9.78 Å². The van der Waals surface area contributed by atoms with Crippen LogP contribution in [0.3, 0.4) is 0 Å². The zero-order valence-electron chi connectivity index (χ0n) is 12.0. The largest absolute Gasteiger partial charge is 0.496 e. The van der Waals surface area contributed by atoms with Crippen LogP contribution in [0.25, 0.3) is 0 Å². The van der Waals surface area contributed by atoms with Gasteiger partial charge in [-0.2, -0.15) is 5.10 Å². The van der Waals surface area contributed by atoms with Crippen molar-refractivity contribution >= 4 is 17.5 Å². The highest BCUT2D eigenvalue weighted by Gasteiger charge is 2.21. The summed E-state index contributed by atoms with van der Waals surface area (Å²) in [5.41, 5.74) is 6.65. The summed E-state index contributed by atoms with van der Waals surface area (Å²) in [5, 5.41) is 6.76. The molecule has 7 heteroatoms. The fourth-order valence-electron chi connectivity index (χ4n) is 2.10. The number of rotatable bonds is 4. The van der Waals surface area contributed by atoms with Crippen LogP contribution < -0.4 is 15.8 Å². The molecule has 7 nitrogen and oxygen atoms in total. The number of hydrogen-bond donors (Lipinski definition) is 2. The van der Waals surface area contributed by atoms with Crippen LogP contribution in [0.15, 0.2) is 24.3 Å². The van der Waals surface area contributed by atoms with Crippen molar-refractivity contribution in [3.63, 3.8) is 0 Å². The van der Waals surface area contributed by atoms with Gasteiger partial charge in [-0.15, -0.1) is 0 Å². The summed E-state index contributed by atoms with van der Waals surface area (Å²) in [6.45, 7) is 1.68. The van der Waals surface area contributed by atoms with Gasteiger partial charge in [-0.25, -0.2) is 0 Å². The van der Waals surface area contributed by atoms with Gasteiger partial charge in [0.15, 0.2) is 0 Å². The summed E-state index contributed by atoms with van der Waals surface area (Å²) in [6.07, 6.45) is 0. The molecule has 0 aliphatic heterocycles. The maximum atomic E-state index is 12.3. The van der Waals surface area contributed by atoms with Crippen molar-refractivity contribution in [3.8, 4) is 5.75 Å². The van der Waals surface area contributed by atoms with E-state index in [0.717, 1.165) is 0 Å². The lowest BCUT2D eigenvalue weighted by atomic mass is 10.1. The first-order valence-electron chi connectivity index (χ1n) is 6.23. The van der Waals surface area contributed by atoms with E-state index < -0.39 is 11.8 Å². The number of nitrogens with one attached hydrogen (secondary N) is 1. The van der Waals surface area contributed by atoms with Gasteiger partial charge in [0.1, 0.15) is 11.4 Å². The molecule has 0 bridgehead atoms. The number of nitrogens with two attached hydrogens (primary N) is 1. The van der Waals surface area contributed by atoms with E-state index >= 15 is 0 Å². The monoisotopic (exact) mass is 288 g/mol. The fourth-order valence-corrected chi connectivity index (χ4v) is 2.10. The van der Waals surface area contributed by atoms with Gasteiger partial charge in [0.25, 0.3) is 11.8 Å². The van der Waals surface area contributed by atoms with E-state index in [0.29, 0.717) is 22.7 Å². The number of carbonyl (C=O) groups excluding carboxylic acids is 2. The fraction of sp³-hybridized carbons (Fsp3) is 0.214. The van der Waals surface area contributed by atoms with Crippen LogP contribution in [-0.2, 0) is 7.05 Å². The number of aryl methyl sites for hydroxylation is 2. The van der Waals surface area contributed by atoms with Crippen LogP contribution >= 0.6 is 0 Å². The molecule has 0 atom stereocenters. The second-order valence-electron chi connectivity index (χ2n) is 4.45. The number of primary amides is 1. The number of aromatic nitrogens is 2. The van der Waals surface area contributed by atoms with Gasteiger partial charge in [-0.05, 0) is 19.1 Å². The normalized spacial score (nSPS) is 10.2. The van der Waals surface area contributed by atoms with Gasteiger partial charge in [0.2, 0.25) is 0 Å².